The first kappa shape index (κ1) is 14.6. The van der Waals surface area contributed by atoms with Crippen LogP contribution in [0.3, 0.4) is 0 Å². The summed E-state index contributed by atoms with van der Waals surface area (Å²) in [5, 5.41) is 2.89. The number of nitrogens with zero attached hydrogens (tertiary/aromatic N) is 2. The van der Waals surface area contributed by atoms with Crippen LogP contribution in [0.2, 0.25) is 0 Å². The molecule has 1 aromatic heterocycles. The minimum absolute atomic E-state index is 0.0354. The Morgan fingerprint density at radius 3 is 2.71 bits per heavy atom. The zero-order valence-corrected chi connectivity index (χ0v) is 13.2. The van der Waals surface area contributed by atoms with Crippen LogP contribution in [0.5, 0.6) is 0 Å². The van der Waals surface area contributed by atoms with E-state index in [1.54, 1.807) is 6.20 Å². The number of nitrogens with one attached hydrogen (secondary N) is 1. The number of fused-ring (bicyclic) bond motifs is 1. The van der Waals surface area contributed by atoms with Crippen molar-refractivity contribution in [3.05, 3.63) is 83.2 Å². The molecule has 0 unspecified atom stereocenters. The van der Waals surface area contributed by atoms with Crippen molar-refractivity contribution in [1.82, 2.24) is 15.3 Å². The van der Waals surface area contributed by atoms with Gasteiger partial charge in [0, 0.05) is 29.6 Å². The highest BCUT2D eigenvalue weighted by atomic mass is 16.1. The predicted molar refractivity (Wildman–Crippen MR) is 92.5 cm³/mol. The molecule has 0 spiro atoms. The molecule has 4 nitrogen and oxygen atoms in total. The number of rotatable bonds is 4. The van der Waals surface area contributed by atoms with Crippen LogP contribution in [0, 0.1) is 0 Å². The van der Waals surface area contributed by atoms with Crippen molar-refractivity contribution < 1.29 is 4.79 Å². The third-order valence-electron chi connectivity index (χ3n) is 4.30. The molecule has 0 saturated carbocycles. The third kappa shape index (κ3) is 2.78. The molecule has 0 radical (unpaired) electrons. The molecule has 24 heavy (non-hydrogen) atoms. The molecule has 1 aliphatic rings. The van der Waals surface area contributed by atoms with Crippen molar-refractivity contribution in [2.45, 2.75) is 19.4 Å². The summed E-state index contributed by atoms with van der Waals surface area (Å²) in [6.07, 6.45) is 3.38. The number of aromatic nitrogens is 2. The van der Waals surface area contributed by atoms with Gasteiger partial charge in [-0.1, -0.05) is 48.5 Å². The lowest BCUT2D eigenvalue weighted by atomic mass is 9.98. The Kier molecular flexibility index (Phi) is 3.79. The first-order valence-electron chi connectivity index (χ1n) is 8.07. The van der Waals surface area contributed by atoms with Crippen molar-refractivity contribution in [3.63, 3.8) is 0 Å². The van der Waals surface area contributed by atoms with E-state index in [1.165, 1.54) is 0 Å². The Morgan fingerprint density at radius 1 is 0.958 bits per heavy atom. The molecule has 4 heteroatoms. The van der Waals surface area contributed by atoms with Gasteiger partial charge in [-0.25, -0.2) is 9.97 Å². The Morgan fingerprint density at radius 2 is 1.83 bits per heavy atom. The molecule has 1 aliphatic heterocycles. The van der Waals surface area contributed by atoms with Gasteiger partial charge in [-0.3, -0.25) is 4.79 Å². The lowest BCUT2D eigenvalue weighted by Crippen LogP contribution is -2.14. The molecular formula is C20H17N3O. The molecule has 4 rings (SSSR count). The summed E-state index contributed by atoms with van der Waals surface area (Å²) in [5.74, 6) is 0.775. The van der Waals surface area contributed by atoms with Gasteiger partial charge < -0.3 is 5.32 Å². The summed E-state index contributed by atoms with van der Waals surface area (Å²) in [4.78, 5) is 21.0. The van der Waals surface area contributed by atoms with E-state index in [-0.39, 0.29) is 5.91 Å². The van der Waals surface area contributed by atoms with Crippen LogP contribution in [0.4, 0.5) is 0 Å². The topological polar surface area (TPSA) is 54.9 Å². The first-order valence-corrected chi connectivity index (χ1v) is 8.07. The molecular weight excluding hydrogens is 298 g/mol. The minimum atomic E-state index is 0.0354. The van der Waals surface area contributed by atoms with Crippen LogP contribution in [0.25, 0.3) is 11.4 Å². The summed E-state index contributed by atoms with van der Waals surface area (Å²) < 4.78 is 0. The van der Waals surface area contributed by atoms with Crippen molar-refractivity contribution in [3.8, 4) is 11.4 Å². The molecule has 0 bridgehead atoms. The molecule has 1 N–H and O–H groups in total. The highest BCUT2D eigenvalue weighted by molar-refractivity contribution is 5.99. The Bertz CT molecular complexity index is 890. The quantitative estimate of drug-likeness (QED) is 0.804. The highest BCUT2D eigenvalue weighted by Gasteiger charge is 2.21. The van der Waals surface area contributed by atoms with Crippen LogP contribution >= 0.6 is 0 Å². The lowest BCUT2D eigenvalue weighted by Gasteiger charge is -2.07. The maximum absolute atomic E-state index is 12.0. The minimum Gasteiger partial charge on any atom is -0.348 e. The Labute approximate surface area is 140 Å². The fourth-order valence-corrected chi connectivity index (χ4v) is 3.09. The van der Waals surface area contributed by atoms with Gasteiger partial charge >= 0.3 is 0 Å². The number of hydrogen-bond donors (Lipinski definition) is 1. The molecule has 118 valence electrons. The van der Waals surface area contributed by atoms with Crippen molar-refractivity contribution in [2.75, 3.05) is 0 Å². The van der Waals surface area contributed by atoms with Gasteiger partial charge in [0.15, 0.2) is 5.82 Å². The third-order valence-corrected chi connectivity index (χ3v) is 4.30. The van der Waals surface area contributed by atoms with Gasteiger partial charge in [-0.15, -0.1) is 0 Å². The van der Waals surface area contributed by atoms with Crippen LogP contribution < -0.4 is 5.32 Å². The number of carbonyl (C=O) groups excluding carboxylic acids is 1. The maximum atomic E-state index is 12.0. The van der Waals surface area contributed by atoms with E-state index >= 15 is 0 Å². The van der Waals surface area contributed by atoms with E-state index in [9.17, 15) is 4.79 Å². The smallest absolute Gasteiger partial charge is 0.252 e. The monoisotopic (exact) mass is 315 g/mol. The fraction of sp³-hybridized carbons (Fsp3) is 0.150. The summed E-state index contributed by atoms with van der Waals surface area (Å²) in [6.45, 7) is 0.633. The summed E-state index contributed by atoms with van der Waals surface area (Å²) in [6, 6.07) is 18.0. The Hall–Kier alpha value is -3.01. The molecule has 0 saturated heterocycles. The molecule has 2 aromatic carbocycles. The largest absolute Gasteiger partial charge is 0.348 e. The first-order chi connectivity index (χ1) is 11.8. The van der Waals surface area contributed by atoms with Crippen LogP contribution in [-0.2, 0) is 19.4 Å². The molecule has 2 heterocycles. The molecule has 3 aromatic rings. The fourth-order valence-electron chi connectivity index (χ4n) is 3.09. The average Bonchev–Trinajstić information content (AvgIpc) is 3.03. The summed E-state index contributed by atoms with van der Waals surface area (Å²) >= 11 is 0. The molecule has 0 aliphatic carbocycles. The second-order valence-electron chi connectivity index (χ2n) is 5.87. The van der Waals surface area contributed by atoms with Gasteiger partial charge in [-0.05, 0) is 30.0 Å². The van der Waals surface area contributed by atoms with Gasteiger partial charge in [0.1, 0.15) is 0 Å². The number of aryl methyl sites for hydroxylation is 2. The zero-order valence-electron chi connectivity index (χ0n) is 13.2. The SMILES string of the molecule is O=C1NCc2cccc(CCc3ccnc(-c4ccccc4)n3)c21. The van der Waals surface area contributed by atoms with E-state index in [1.807, 2.05) is 54.6 Å². The van der Waals surface area contributed by atoms with Gasteiger partial charge in [-0.2, -0.15) is 0 Å². The molecule has 0 fully saturated rings. The number of carbonyl (C=O) groups is 1. The molecule has 0 atom stereocenters. The summed E-state index contributed by atoms with van der Waals surface area (Å²) in [7, 11) is 0. The summed E-state index contributed by atoms with van der Waals surface area (Å²) in [5.41, 5.74) is 5.02. The normalized spacial score (nSPS) is 12.8. The average molecular weight is 315 g/mol. The van der Waals surface area contributed by atoms with Crippen molar-refractivity contribution in [1.29, 1.82) is 0 Å². The number of hydrogen-bond acceptors (Lipinski definition) is 3. The van der Waals surface area contributed by atoms with E-state index in [2.05, 4.69) is 15.3 Å². The number of amides is 1. The maximum Gasteiger partial charge on any atom is 0.252 e. The van der Waals surface area contributed by atoms with Crippen LogP contribution in [0.15, 0.2) is 60.8 Å². The highest BCUT2D eigenvalue weighted by Crippen LogP contribution is 2.21. The van der Waals surface area contributed by atoms with Crippen molar-refractivity contribution in [2.24, 2.45) is 0 Å². The zero-order chi connectivity index (χ0) is 16.4. The van der Waals surface area contributed by atoms with E-state index in [0.717, 1.165) is 46.6 Å². The lowest BCUT2D eigenvalue weighted by molar-refractivity contribution is 0.0965. The van der Waals surface area contributed by atoms with Gasteiger partial charge in [0.05, 0.1) is 0 Å². The van der Waals surface area contributed by atoms with Crippen molar-refractivity contribution >= 4 is 5.91 Å². The number of benzene rings is 2. The van der Waals surface area contributed by atoms with Gasteiger partial charge in [0.25, 0.3) is 5.91 Å². The van der Waals surface area contributed by atoms with Crippen LogP contribution in [-0.4, -0.2) is 15.9 Å². The van der Waals surface area contributed by atoms with E-state index in [0.29, 0.717) is 6.54 Å². The van der Waals surface area contributed by atoms with Gasteiger partial charge in [0.2, 0.25) is 0 Å². The van der Waals surface area contributed by atoms with E-state index < -0.39 is 0 Å². The standard InChI is InChI=1S/C20H17N3O/c24-20-18-14(7-4-8-16(18)13-22-20)9-10-17-11-12-21-19(23-17)15-5-2-1-3-6-15/h1-8,11-12H,9-10,13H2,(H,22,24). The second-order valence-corrected chi connectivity index (χ2v) is 5.87. The Balaban J connectivity index is 1.56. The van der Waals surface area contributed by atoms with E-state index in [4.69, 9.17) is 0 Å². The predicted octanol–water partition coefficient (Wildman–Crippen LogP) is 3.17. The van der Waals surface area contributed by atoms with Crippen LogP contribution in [0.1, 0.15) is 27.2 Å². The second kappa shape index (κ2) is 6.24. The molecule has 1 amide bonds.